The molecule has 1 fully saturated rings. The van der Waals surface area contributed by atoms with Crippen molar-refractivity contribution in [3.63, 3.8) is 0 Å². The maximum atomic E-state index is 13.9. The minimum atomic E-state index is -2.14. The SMILES string of the molecule is CC(=O)OC(C(O)CO)[C@]1(C(=O)O)CCCN1C(=O)[C@H](CCCCN)N[C@@H](CCc1ccccc1)C(=O)O. The Labute approximate surface area is 221 Å². The highest BCUT2D eigenvalue weighted by Crippen LogP contribution is 2.37. The van der Waals surface area contributed by atoms with E-state index in [0.717, 1.165) is 17.4 Å². The smallest absolute Gasteiger partial charge is 0.333 e. The fourth-order valence-electron chi connectivity index (χ4n) is 4.99. The van der Waals surface area contributed by atoms with Crippen molar-refractivity contribution in [3.8, 4) is 0 Å². The van der Waals surface area contributed by atoms with Crippen LogP contribution in [0.25, 0.3) is 0 Å². The molecule has 1 saturated heterocycles. The molecule has 1 aliphatic heterocycles. The van der Waals surface area contributed by atoms with Crippen LogP contribution in [0.4, 0.5) is 0 Å². The van der Waals surface area contributed by atoms with Crippen molar-refractivity contribution in [1.82, 2.24) is 10.2 Å². The lowest BCUT2D eigenvalue weighted by molar-refractivity contribution is -0.186. The molecule has 1 aliphatic rings. The lowest BCUT2D eigenvalue weighted by Gasteiger charge is -2.43. The predicted molar refractivity (Wildman–Crippen MR) is 136 cm³/mol. The van der Waals surface area contributed by atoms with Gasteiger partial charge >= 0.3 is 17.9 Å². The summed E-state index contributed by atoms with van der Waals surface area (Å²) in [4.78, 5) is 51.5. The summed E-state index contributed by atoms with van der Waals surface area (Å²) >= 11 is 0. The third-order valence-electron chi connectivity index (χ3n) is 6.87. The highest BCUT2D eigenvalue weighted by Gasteiger charge is 2.60. The fraction of sp³-hybridized carbons (Fsp3) is 0.615. The van der Waals surface area contributed by atoms with E-state index in [-0.39, 0.29) is 32.2 Å². The van der Waals surface area contributed by atoms with Gasteiger partial charge < -0.3 is 35.8 Å². The van der Waals surface area contributed by atoms with Gasteiger partial charge in [0.05, 0.1) is 12.6 Å². The van der Waals surface area contributed by atoms with Gasteiger partial charge in [-0.1, -0.05) is 36.8 Å². The number of likely N-dealkylation sites (tertiary alicyclic amines) is 1. The number of ether oxygens (including phenoxy) is 1. The van der Waals surface area contributed by atoms with Crippen LogP contribution in [0.5, 0.6) is 0 Å². The van der Waals surface area contributed by atoms with Crippen LogP contribution in [0.1, 0.15) is 51.0 Å². The Balaban J connectivity index is 2.38. The largest absolute Gasteiger partial charge is 0.480 e. The first-order chi connectivity index (χ1) is 18.1. The number of amides is 1. The molecule has 0 bridgehead atoms. The van der Waals surface area contributed by atoms with E-state index in [1.807, 2.05) is 30.3 Å². The molecule has 1 heterocycles. The van der Waals surface area contributed by atoms with E-state index in [1.54, 1.807) is 0 Å². The Hall–Kier alpha value is -3.06. The predicted octanol–water partition coefficient (Wildman–Crippen LogP) is -0.110. The van der Waals surface area contributed by atoms with Crippen LogP contribution < -0.4 is 11.1 Å². The highest BCUT2D eigenvalue weighted by molar-refractivity contribution is 5.91. The molecular formula is C26H39N3O9. The van der Waals surface area contributed by atoms with Crippen molar-refractivity contribution in [1.29, 1.82) is 0 Å². The molecule has 7 N–H and O–H groups in total. The van der Waals surface area contributed by atoms with Crippen LogP contribution >= 0.6 is 0 Å². The molecule has 1 amide bonds. The number of carboxylic acids is 2. The number of carbonyl (C=O) groups excluding carboxylic acids is 2. The number of esters is 1. The van der Waals surface area contributed by atoms with Crippen LogP contribution in [0.15, 0.2) is 30.3 Å². The zero-order valence-electron chi connectivity index (χ0n) is 21.6. The summed E-state index contributed by atoms with van der Waals surface area (Å²) in [7, 11) is 0. The summed E-state index contributed by atoms with van der Waals surface area (Å²) in [5, 5.41) is 43.0. The minimum absolute atomic E-state index is 0.0160. The number of nitrogens with two attached hydrogens (primary N) is 1. The first-order valence-corrected chi connectivity index (χ1v) is 12.8. The second-order valence-electron chi connectivity index (χ2n) is 9.52. The molecule has 0 saturated carbocycles. The summed E-state index contributed by atoms with van der Waals surface area (Å²) in [5.74, 6) is -4.22. The Morgan fingerprint density at radius 3 is 2.34 bits per heavy atom. The molecule has 0 radical (unpaired) electrons. The van der Waals surface area contributed by atoms with Gasteiger partial charge in [-0.25, -0.2) is 4.79 Å². The number of rotatable bonds is 16. The number of hydrogen-bond acceptors (Lipinski definition) is 9. The second kappa shape index (κ2) is 14.8. The zero-order valence-corrected chi connectivity index (χ0v) is 21.6. The number of hydrogen-bond donors (Lipinski definition) is 6. The standard InChI is InChI=1S/C26H39N3O9/c1-17(31)38-22(21(32)16-30)26(25(36)37)13-7-15-29(26)23(33)19(10-5-6-14-27)28-20(24(34)35)12-11-18-8-3-2-4-9-18/h2-4,8-9,19-22,28,30,32H,5-7,10-16,27H2,1H3,(H,34,35)(H,36,37)/t19-,20-,21?,22?,26-/m0/s1. The van der Waals surface area contributed by atoms with Gasteiger partial charge in [-0.2, -0.15) is 0 Å². The number of carboxylic acid groups (broad SMARTS) is 2. The average Bonchev–Trinajstić information content (AvgIpc) is 3.34. The van der Waals surface area contributed by atoms with E-state index in [9.17, 15) is 39.6 Å². The maximum Gasteiger partial charge on any atom is 0.333 e. The minimum Gasteiger partial charge on any atom is -0.480 e. The summed E-state index contributed by atoms with van der Waals surface area (Å²) in [6.07, 6.45) is -1.52. The second-order valence-corrected chi connectivity index (χ2v) is 9.52. The molecule has 1 aromatic carbocycles. The van der Waals surface area contributed by atoms with E-state index in [0.29, 0.717) is 25.8 Å². The summed E-state index contributed by atoms with van der Waals surface area (Å²) < 4.78 is 5.16. The first-order valence-electron chi connectivity index (χ1n) is 12.8. The number of aryl methyl sites for hydroxylation is 1. The van der Waals surface area contributed by atoms with Gasteiger partial charge in [-0.15, -0.1) is 0 Å². The van der Waals surface area contributed by atoms with Crippen LogP contribution in [0, 0.1) is 0 Å². The molecule has 2 rings (SSSR count). The number of benzene rings is 1. The van der Waals surface area contributed by atoms with Crippen molar-refractivity contribution in [2.24, 2.45) is 5.73 Å². The van der Waals surface area contributed by atoms with E-state index in [2.05, 4.69) is 5.32 Å². The van der Waals surface area contributed by atoms with Gasteiger partial charge in [0.1, 0.15) is 12.1 Å². The van der Waals surface area contributed by atoms with Gasteiger partial charge in [0.15, 0.2) is 11.6 Å². The maximum absolute atomic E-state index is 13.9. The first kappa shape index (κ1) is 31.2. The van der Waals surface area contributed by atoms with Gasteiger partial charge in [0.2, 0.25) is 5.91 Å². The normalized spacial score (nSPS) is 20.4. The Kier molecular flexibility index (Phi) is 12.1. The van der Waals surface area contributed by atoms with Crippen molar-refractivity contribution >= 4 is 23.8 Å². The lowest BCUT2D eigenvalue weighted by atomic mass is 9.85. The molecule has 12 heteroatoms. The van der Waals surface area contributed by atoms with Crippen molar-refractivity contribution in [2.45, 2.75) is 81.7 Å². The Bertz CT molecular complexity index is 945. The molecule has 2 unspecified atom stereocenters. The lowest BCUT2D eigenvalue weighted by Crippen LogP contribution is -2.67. The molecule has 1 aromatic rings. The van der Waals surface area contributed by atoms with E-state index < -0.39 is 60.3 Å². The quantitative estimate of drug-likeness (QED) is 0.121. The van der Waals surface area contributed by atoms with Crippen LogP contribution in [0.3, 0.4) is 0 Å². The zero-order chi connectivity index (χ0) is 28.3. The molecule has 12 nitrogen and oxygen atoms in total. The Morgan fingerprint density at radius 1 is 1.11 bits per heavy atom. The summed E-state index contributed by atoms with van der Waals surface area (Å²) in [5.41, 5.74) is 4.40. The number of aliphatic carboxylic acids is 2. The molecule has 0 aliphatic carbocycles. The molecule has 5 atom stereocenters. The number of unbranched alkanes of at least 4 members (excludes halogenated alkanes) is 1. The number of aliphatic hydroxyl groups excluding tert-OH is 2. The third kappa shape index (κ3) is 7.73. The van der Waals surface area contributed by atoms with Gasteiger partial charge in [0.25, 0.3) is 0 Å². The van der Waals surface area contributed by atoms with E-state index in [1.165, 1.54) is 0 Å². The van der Waals surface area contributed by atoms with Crippen LogP contribution in [0.2, 0.25) is 0 Å². The summed E-state index contributed by atoms with van der Waals surface area (Å²) in [6, 6.07) is 7.11. The van der Waals surface area contributed by atoms with Crippen LogP contribution in [-0.2, 0) is 30.3 Å². The van der Waals surface area contributed by atoms with Crippen molar-refractivity contribution < 1.29 is 44.3 Å². The summed E-state index contributed by atoms with van der Waals surface area (Å²) in [6.45, 7) is 0.484. The molecule has 0 spiro atoms. The van der Waals surface area contributed by atoms with Gasteiger partial charge in [0, 0.05) is 13.5 Å². The number of nitrogens with one attached hydrogen (secondary N) is 1. The van der Waals surface area contributed by atoms with Crippen molar-refractivity contribution in [3.05, 3.63) is 35.9 Å². The Morgan fingerprint density at radius 2 is 1.79 bits per heavy atom. The van der Waals surface area contributed by atoms with Crippen LogP contribution in [-0.4, -0.2) is 98.7 Å². The molecular weight excluding hydrogens is 498 g/mol. The molecule has 212 valence electrons. The number of aliphatic hydroxyl groups is 2. The monoisotopic (exact) mass is 537 g/mol. The molecule has 38 heavy (non-hydrogen) atoms. The topological polar surface area (TPSA) is 200 Å². The molecule has 0 aromatic heterocycles. The van der Waals surface area contributed by atoms with Crippen molar-refractivity contribution in [2.75, 3.05) is 19.7 Å². The van der Waals surface area contributed by atoms with E-state index in [4.69, 9.17) is 10.5 Å². The van der Waals surface area contributed by atoms with E-state index >= 15 is 0 Å². The average molecular weight is 538 g/mol. The number of nitrogens with zero attached hydrogens (tertiary/aromatic N) is 1. The third-order valence-corrected chi connectivity index (χ3v) is 6.87. The van der Waals surface area contributed by atoms with Gasteiger partial charge in [-0.3, -0.25) is 19.7 Å². The fourth-order valence-corrected chi connectivity index (χ4v) is 4.99. The number of carbonyl (C=O) groups is 4. The van der Waals surface area contributed by atoms with Gasteiger partial charge in [-0.05, 0) is 50.6 Å². The highest BCUT2D eigenvalue weighted by atomic mass is 16.6.